The summed E-state index contributed by atoms with van der Waals surface area (Å²) in [5.41, 5.74) is 0.157. The van der Waals surface area contributed by atoms with Gasteiger partial charge in [0, 0.05) is 44.4 Å². The highest BCUT2D eigenvalue weighted by Crippen LogP contribution is 2.25. The molecule has 0 radical (unpaired) electrons. The van der Waals surface area contributed by atoms with Crippen molar-refractivity contribution >= 4 is 0 Å². The molecular weight excluding hydrogens is 216 g/mol. The molecule has 2 heterocycles. The first-order valence-corrected chi connectivity index (χ1v) is 6.83. The molecule has 0 saturated carbocycles. The van der Waals surface area contributed by atoms with Crippen LogP contribution in [0.4, 0.5) is 0 Å². The van der Waals surface area contributed by atoms with Crippen LogP contribution >= 0.6 is 0 Å². The van der Waals surface area contributed by atoms with E-state index in [0.29, 0.717) is 12.1 Å². The Bertz CT molecular complexity index is 238. The minimum absolute atomic E-state index is 0.157. The van der Waals surface area contributed by atoms with Gasteiger partial charge in [0.2, 0.25) is 0 Å². The van der Waals surface area contributed by atoms with Gasteiger partial charge in [-0.25, -0.2) is 0 Å². The van der Waals surface area contributed by atoms with Crippen molar-refractivity contribution in [1.29, 1.82) is 0 Å². The van der Waals surface area contributed by atoms with Crippen molar-refractivity contribution < 1.29 is 9.84 Å². The maximum absolute atomic E-state index is 9.18. The van der Waals surface area contributed by atoms with Gasteiger partial charge in [-0.2, -0.15) is 0 Å². The number of aliphatic hydroxyl groups excluding tert-OH is 1. The average Bonchev–Trinajstić information content (AvgIpc) is 2.76. The molecule has 0 bridgehead atoms. The molecule has 2 saturated heterocycles. The van der Waals surface area contributed by atoms with Crippen LogP contribution in [0.25, 0.3) is 0 Å². The maximum Gasteiger partial charge on any atom is 0.0703 e. The Morgan fingerprint density at radius 1 is 1.47 bits per heavy atom. The number of ether oxygens (including phenoxy) is 1. The molecule has 2 rings (SSSR count). The molecule has 4 nitrogen and oxygen atoms in total. The average molecular weight is 242 g/mol. The number of nitrogens with zero attached hydrogens (tertiary/aromatic N) is 1. The molecule has 2 aliphatic rings. The summed E-state index contributed by atoms with van der Waals surface area (Å²) in [6.45, 7) is 8.75. The van der Waals surface area contributed by atoms with Gasteiger partial charge in [0.05, 0.1) is 6.10 Å². The number of nitrogens with one attached hydrogen (secondary N) is 1. The van der Waals surface area contributed by atoms with E-state index >= 15 is 0 Å². The molecule has 2 atom stereocenters. The van der Waals surface area contributed by atoms with Gasteiger partial charge in [0.25, 0.3) is 0 Å². The first-order valence-electron chi connectivity index (χ1n) is 6.83. The zero-order valence-corrected chi connectivity index (χ0v) is 11.1. The van der Waals surface area contributed by atoms with Crippen LogP contribution in [0.3, 0.4) is 0 Å². The lowest BCUT2D eigenvalue weighted by molar-refractivity contribution is -0.0185. The molecule has 2 aliphatic heterocycles. The predicted octanol–water partition coefficient (Wildman–Crippen LogP) is 0.600. The van der Waals surface area contributed by atoms with Crippen LogP contribution < -0.4 is 5.32 Å². The molecule has 4 heteroatoms. The number of piperazine rings is 1. The van der Waals surface area contributed by atoms with Crippen LogP contribution in [0.1, 0.15) is 33.1 Å². The number of aliphatic hydroxyl groups is 1. The van der Waals surface area contributed by atoms with Crippen LogP contribution in [0.15, 0.2) is 0 Å². The van der Waals surface area contributed by atoms with Crippen molar-refractivity contribution in [1.82, 2.24) is 10.2 Å². The van der Waals surface area contributed by atoms with Crippen molar-refractivity contribution in [2.75, 3.05) is 32.8 Å². The smallest absolute Gasteiger partial charge is 0.0703 e. The van der Waals surface area contributed by atoms with E-state index in [9.17, 15) is 5.11 Å². The van der Waals surface area contributed by atoms with Gasteiger partial charge >= 0.3 is 0 Å². The molecule has 0 spiro atoms. The summed E-state index contributed by atoms with van der Waals surface area (Å²) in [5.74, 6) is 0. The highest BCUT2D eigenvalue weighted by molar-refractivity contribution is 4.95. The van der Waals surface area contributed by atoms with Crippen LogP contribution in [-0.2, 0) is 4.74 Å². The van der Waals surface area contributed by atoms with Gasteiger partial charge in [0.1, 0.15) is 0 Å². The van der Waals surface area contributed by atoms with E-state index in [4.69, 9.17) is 4.74 Å². The second kappa shape index (κ2) is 5.65. The molecule has 2 unspecified atom stereocenters. The quantitative estimate of drug-likeness (QED) is 0.758. The third-order valence-corrected chi connectivity index (χ3v) is 4.04. The molecule has 17 heavy (non-hydrogen) atoms. The zero-order valence-electron chi connectivity index (χ0n) is 11.1. The van der Waals surface area contributed by atoms with Crippen LogP contribution in [0.2, 0.25) is 0 Å². The van der Waals surface area contributed by atoms with E-state index < -0.39 is 0 Å². The minimum Gasteiger partial charge on any atom is -0.396 e. The summed E-state index contributed by atoms with van der Waals surface area (Å²) >= 11 is 0. The Hall–Kier alpha value is -0.160. The monoisotopic (exact) mass is 242 g/mol. The SMILES string of the molecule is CC1(C)CNCC(CCO)N1CC1CCCO1. The summed E-state index contributed by atoms with van der Waals surface area (Å²) in [5, 5.41) is 12.7. The lowest BCUT2D eigenvalue weighted by Crippen LogP contribution is -2.64. The Morgan fingerprint density at radius 2 is 2.29 bits per heavy atom. The molecule has 100 valence electrons. The molecule has 0 aromatic rings. The van der Waals surface area contributed by atoms with E-state index in [-0.39, 0.29) is 12.1 Å². The minimum atomic E-state index is 0.157. The first-order chi connectivity index (χ1) is 8.13. The highest BCUT2D eigenvalue weighted by Gasteiger charge is 2.37. The van der Waals surface area contributed by atoms with Gasteiger partial charge in [-0.1, -0.05) is 0 Å². The van der Waals surface area contributed by atoms with Crippen molar-refractivity contribution in [2.24, 2.45) is 0 Å². The zero-order chi connectivity index (χ0) is 12.3. The first kappa shape index (κ1) is 13.3. The molecule has 0 aromatic carbocycles. The topological polar surface area (TPSA) is 44.7 Å². The lowest BCUT2D eigenvalue weighted by atomic mass is 9.94. The number of hydrogen-bond acceptors (Lipinski definition) is 4. The summed E-state index contributed by atoms with van der Waals surface area (Å²) in [4.78, 5) is 2.54. The fraction of sp³-hybridized carbons (Fsp3) is 1.00. The molecule has 0 amide bonds. The van der Waals surface area contributed by atoms with Crippen molar-refractivity contribution in [2.45, 2.75) is 50.8 Å². The highest BCUT2D eigenvalue weighted by atomic mass is 16.5. The fourth-order valence-corrected chi connectivity index (χ4v) is 3.06. The standard InChI is InChI=1S/C13H26N2O2/c1-13(2)10-14-8-11(5-6-16)15(13)9-12-4-3-7-17-12/h11-12,14,16H,3-10H2,1-2H3. The maximum atomic E-state index is 9.18. The largest absolute Gasteiger partial charge is 0.396 e. The summed E-state index contributed by atoms with van der Waals surface area (Å²) in [6.07, 6.45) is 3.63. The van der Waals surface area contributed by atoms with E-state index in [0.717, 1.165) is 32.7 Å². The summed E-state index contributed by atoms with van der Waals surface area (Å²) in [6, 6.07) is 0.438. The van der Waals surface area contributed by atoms with Gasteiger partial charge in [0.15, 0.2) is 0 Å². The normalized spacial score (nSPS) is 34.1. The second-order valence-corrected chi connectivity index (χ2v) is 5.90. The Kier molecular flexibility index (Phi) is 4.42. The van der Waals surface area contributed by atoms with Crippen LogP contribution in [0, 0.1) is 0 Å². The number of hydrogen-bond donors (Lipinski definition) is 2. The van der Waals surface area contributed by atoms with E-state index in [1.54, 1.807) is 0 Å². The third kappa shape index (κ3) is 3.19. The van der Waals surface area contributed by atoms with Crippen molar-refractivity contribution in [3.63, 3.8) is 0 Å². The van der Waals surface area contributed by atoms with E-state index in [1.807, 2.05) is 0 Å². The Balaban J connectivity index is 1.99. The van der Waals surface area contributed by atoms with Crippen molar-refractivity contribution in [3.05, 3.63) is 0 Å². The van der Waals surface area contributed by atoms with Crippen LogP contribution in [0.5, 0.6) is 0 Å². The Morgan fingerprint density at radius 3 is 2.94 bits per heavy atom. The molecule has 0 aromatic heterocycles. The van der Waals surface area contributed by atoms with Crippen LogP contribution in [-0.4, -0.2) is 60.5 Å². The van der Waals surface area contributed by atoms with Gasteiger partial charge in [-0.05, 0) is 33.1 Å². The van der Waals surface area contributed by atoms with Gasteiger partial charge < -0.3 is 15.2 Å². The van der Waals surface area contributed by atoms with E-state index in [1.165, 1.54) is 12.8 Å². The molecule has 0 aliphatic carbocycles. The molecule has 2 fully saturated rings. The predicted molar refractivity (Wildman–Crippen MR) is 68.1 cm³/mol. The molecule has 2 N–H and O–H groups in total. The fourth-order valence-electron chi connectivity index (χ4n) is 3.06. The van der Waals surface area contributed by atoms with Gasteiger partial charge in [-0.3, -0.25) is 4.90 Å². The third-order valence-electron chi connectivity index (χ3n) is 4.04. The number of rotatable bonds is 4. The summed E-state index contributed by atoms with van der Waals surface area (Å²) < 4.78 is 5.75. The molecular formula is C13H26N2O2. The Labute approximate surface area is 104 Å². The van der Waals surface area contributed by atoms with E-state index in [2.05, 4.69) is 24.1 Å². The van der Waals surface area contributed by atoms with Gasteiger partial charge in [-0.15, -0.1) is 0 Å². The lowest BCUT2D eigenvalue weighted by Gasteiger charge is -2.49. The van der Waals surface area contributed by atoms with Crippen molar-refractivity contribution in [3.8, 4) is 0 Å². The second-order valence-electron chi connectivity index (χ2n) is 5.90. The summed E-state index contributed by atoms with van der Waals surface area (Å²) in [7, 11) is 0.